The van der Waals surface area contributed by atoms with Crippen molar-refractivity contribution in [2.45, 2.75) is 25.3 Å². The van der Waals surface area contributed by atoms with E-state index in [1.54, 1.807) is 12.1 Å². The zero-order valence-electron chi connectivity index (χ0n) is 12.2. The van der Waals surface area contributed by atoms with E-state index in [0.29, 0.717) is 0 Å². The summed E-state index contributed by atoms with van der Waals surface area (Å²) in [6.45, 7) is 8.60. The van der Waals surface area contributed by atoms with Crippen molar-refractivity contribution in [1.82, 2.24) is 0 Å². The van der Waals surface area contributed by atoms with Crippen molar-refractivity contribution in [3.8, 4) is 0 Å². The van der Waals surface area contributed by atoms with Crippen LogP contribution in [0.2, 0.25) is 0 Å². The first-order chi connectivity index (χ1) is 9.79. The second-order valence-electron chi connectivity index (χ2n) is 4.77. The lowest BCUT2D eigenvalue weighted by atomic mass is 10.2. The summed E-state index contributed by atoms with van der Waals surface area (Å²) in [6, 6.07) is 11.8. The third kappa shape index (κ3) is 6.83. The highest BCUT2D eigenvalue weighted by molar-refractivity contribution is 7.85. The minimum atomic E-state index is -4.27. The van der Waals surface area contributed by atoms with E-state index in [-0.39, 0.29) is 4.90 Å². The van der Waals surface area contributed by atoms with Gasteiger partial charge in [-0.15, -0.1) is 0 Å². The van der Waals surface area contributed by atoms with Crippen LogP contribution in [0.15, 0.2) is 71.9 Å². The Morgan fingerprint density at radius 3 is 2.10 bits per heavy atom. The van der Waals surface area contributed by atoms with Crippen LogP contribution < -0.4 is 4.57 Å². The zero-order valence-corrected chi connectivity index (χ0v) is 13.0. The summed E-state index contributed by atoms with van der Waals surface area (Å²) < 4.78 is 33.3. The second-order valence-corrected chi connectivity index (χ2v) is 6.15. The molecule has 0 aliphatic heterocycles. The molecule has 1 aromatic carbocycles. The van der Waals surface area contributed by atoms with Gasteiger partial charge in [0.2, 0.25) is 0 Å². The van der Waals surface area contributed by atoms with E-state index in [0.717, 1.165) is 12.1 Å². The van der Waals surface area contributed by atoms with Crippen LogP contribution in [-0.2, 0) is 16.7 Å². The molecule has 0 unspecified atom stereocenters. The van der Waals surface area contributed by atoms with Gasteiger partial charge >= 0.3 is 0 Å². The number of aryl methyl sites for hydroxylation is 1. The molecule has 2 rings (SSSR count). The highest BCUT2D eigenvalue weighted by Gasteiger charge is 1.97. The molecule has 1 aromatic heterocycles. The van der Waals surface area contributed by atoms with Gasteiger partial charge in [0.1, 0.15) is 10.1 Å². The number of allylic oxidation sites excluding steroid dienone is 1. The number of hydrogen-bond acceptors (Lipinski definition) is 3. The summed E-state index contributed by atoms with van der Waals surface area (Å²) >= 11 is 0. The predicted molar refractivity (Wildman–Crippen MR) is 80.6 cm³/mol. The van der Waals surface area contributed by atoms with Gasteiger partial charge in [-0.3, -0.25) is 0 Å². The molecular formula is C16H19NO3S. The number of nitrogens with zero attached hydrogens (tertiary/aromatic N) is 1. The van der Waals surface area contributed by atoms with E-state index >= 15 is 0 Å². The molecule has 5 heteroatoms. The Labute approximate surface area is 126 Å². The normalized spacial score (nSPS) is 10.4. The molecule has 21 heavy (non-hydrogen) atoms. The molecule has 0 fully saturated rings. The maximum absolute atomic E-state index is 10.4. The van der Waals surface area contributed by atoms with Gasteiger partial charge in [-0.05, 0) is 31.6 Å². The molecule has 0 amide bonds. The Balaban J connectivity index is 0.000000211. The molecule has 0 saturated carbocycles. The zero-order chi connectivity index (χ0) is 15.9. The molecular weight excluding hydrogens is 286 g/mol. The lowest BCUT2D eigenvalue weighted by Crippen LogP contribution is -2.32. The van der Waals surface area contributed by atoms with Gasteiger partial charge in [0.15, 0.2) is 18.9 Å². The smallest absolute Gasteiger partial charge is 0.169 e. The van der Waals surface area contributed by atoms with Crippen LogP contribution in [0, 0.1) is 6.92 Å². The SMILES string of the molecule is C=C(C)C[n+]1ccccc1.Cc1ccc(S(=O)(=O)[O-])cc1. The fourth-order valence-electron chi connectivity index (χ4n) is 1.56. The van der Waals surface area contributed by atoms with Crippen LogP contribution in [0.3, 0.4) is 0 Å². The quantitative estimate of drug-likeness (QED) is 0.497. The molecule has 0 spiro atoms. The first kappa shape index (κ1) is 17.1. The van der Waals surface area contributed by atoms with E-state index in [1.165, 1.54) is 17.7 Å². The average molecular weight is 305 g/mol. The first-order valence-electron chi connectivity index (χ1n) is 6.40. The molecule has 0 aliphatic carbocycles. The first-order valence-corrected chi connectivity index (χ1v) is 7.81. The van der Waals surface area contributed by atoms with E-state index in [1.807, 2.05) is 44.4 Å². The molecule has 4 nitrogen and oxygen atoms in total. The summed E-state index contributed by atoms with van der Waals surface area (Å²) in [4.78, 5) is -0.178. The van der Waals surface area contributed by atoms with Crippen molar-refractivity contribution in [3.63, 3.8) is 0 Å². The molecule has 0 radical (unpaired) electrons. The minimum Gasteiger partial charge on any atom is -0.744 e. The van der Waals surface area contributed by atoms with Crippen LogP contribution in [-0.4, -0.2) is 13.0 Å². The highest BCUT2D eigenvalue weighted by Crippen LogP contribution is 2.08. The van der Waals surface area contributed by atoms with Crippen LogP contribution in [0.5, 0.6) is 0 Å². The van der Waals surface area contributed by atoms with E-state index in [2.05, 4.69) is 11.1 Å². The lowest BCUT2D eigenvalue weighted by molar-refractivity contribution is -0.688. The maximum Gasteiger partial charge on any atom is 0.169 e. The topological polar surface area (TPSA) is 61.1 Å². The summed E-state index contributed by atoms with van der Waals surface area (Å²) in [5.74, 6) is 0. The molecule has 112 valence electrons. The summed E-state index contributed by atoms with van der Waals surface area (Å²) in [6.07, 6.45) is 4.07. The van der Waals surface area contributed by atoms with Crippen LogP contribution in [0.25, 0.3) is 0 Å². The molecule has 0 bridgehead atoms. The number of benzene rings is 1. The molecule has 0 saturated heterocycles. The summed E-state index contributed by atoms with van der Waals surface area (Å²) in [5.41, 5.74) is 2.11. The maximum atomic E-state index is 10.4. The van der Waals surface area contributed by atoms with Gasteiger partial charge < -0.3 is 4.55 Å². The third-order valence-electron chi connectivity index (χ3n) is 2.54. The number of aromatic nitrogens is 1. The monoisotopic (exact) mass is 305 g/mol. The molecule has 0 atom stereocenters. The molecule has 1 heterocycles. The molecule has 0 aliphatic rings. The van der Waals surface area contributed by atoms with Crippen molar-refractivity contribution in [2.24, 2.45) is 0 Å². The summed E-state index contributed by atoms with van der Waals surface area (Å²) in [5, 5.41) is 0. The second kappa shape index (κ2) is 7.71. The Hall–Kier alpha value is -1.98. The van der Waals surface area contributed by atoms with Gasteiger partial charge in [-0.25, -0.2) is 13.0 Å². The van der Waals surface area contributed by atoms with Gasteiger partial charge in [0, 0.05) is 12.1 Å². The van der Waals surface area contributed by atoms with Crippen LogP contribution in [0.4, 0.5) is 0 Å². The minimum absolute atomic E-state index is 0.178. The van der Waals surface area contributed by atoms with Gasteiger partial charge in [0.25, 0.3) is 0 Å². The van der Waals surface area contributed by atoms with E-state index in [9.17, 15) is 13.0 Å². The number of hydrogen-bond donors (Lipinski definition) is 0. The van der Waals surface area contributed by atoms with Crippen molar-refractivity contribution < 1.29 is 17.5 Å². The number of rotatable bonds is 3. The lowest BCUT2D eigenvalue weighted by Gasteiger charge is -2.05. The predicted octanol–water partition coefficient (Wildman–Crippen LogP) is 2.45. The number of pyridine rings is 1. The van der Waals surface area contributed by atoms with Gasteiger partial charge in [-0.1, -0.05) is 30.3 Å². The standard InChI is InChI=1S/C9H12N.C7H8O3S/c1-9(2)8-10-6-4-3-5-7-10;1-6-2-4-7(5-3-6)11(8,9)10/h3-7H,1,8H2,2H3;2-5H,1H3,(H,8,9,10)/q+1;/p-1. The van der Waals surface area contributed by atoms with Gasteiger partial charge in [0.05, 0.1) is 4.90 Å². The Kier molecular flexibility index (Phi) is 6.27. The fraction of sp³-hybridized carbons (Fsp3) is 0.188. The molecule has 2 aromatic rings. The summed E-state index contributed by atoms with van der Waals surface area (Å²) in [7, 11) is -4.27. The van der Waals surface area contributed by atoms with E-state index in [4.69, 9.17) is 0 Å². The average Bonchev–Trinajstić information content (AvgIpc) is 2.39. The largest absolute Gasteiger partial charge is 0.744 e. The van der Waals surface area contributed by atoms with Crippen molar-refractivity contribution in [1.29, 1.82) is 0 Å². The molecule has 0 N–H and O–H groups in total. The third-order valence-corrected chi connectivity index (χ3v) is 3.39. The van der Waals surface area contributed by atoms with Gasteiger partial charge in [-0.2, -0.15) is 0 Å². The van der Waals surface area contributed by atoms with Crippen molar-refractivity contribution in [2.75, 3.05) is 0 Å². The highest BCUT2D eigenvalue weighted by atomic mass is 32.2. The van der Waals surface area contributed by atoms with Crippen molar-refractivity contribution >= 4 is 10.1 Å². The Morgan fingerprint density at radius 1 is 1.14 bits per heavy atom. The Bertz CT molecular complexity index is 677. The van der Waals surface area contributed by atoms with Crippen LogP contribution >= 0.6 is 0 Å². The van der Waals surface area contributed by atoms with Crippen molar-refractivity contribution in [3.05, 3.63) is 72.6 Å². The Morgan fingerprint density at radius 2 is 1.67 bits per heavy atom. The van der Waals surface area contributed by atoms with Crippen LogP contribution in [0.1, 0.15) is 12.5 Å². The van der Waals surface area contributed by atoms with E-state index < -0.39 is 10.1 Å². The fourth-order valence-corrected chi connectivity index (χ4v) is 2.03.